The van der Waals surface area contributed by atoms with Crippen molar-refractivity contribution in [3.8, 4) is 0 Å². The lowest BCUT2D eigenvalue weighted by Gasteiger charge is -1.99. The predicted octanol–water partition coefficient (Wildman–Crippen LogP) is 5.34. The summed E-state index contributed by atoms with van der Waals surface area (Å²) in [6.45, 7) is 10.6. The van der Waals surface area contributed by atoms with Gasteiger partial charge in [-0.05, 0) is 45.5 Å². The van der Waals surface area contributed by atoms with Gasteiger partial charge in [-0.3, -0.25) is 0 Å². The van der Waals surface area contributed by atoms with Crippen LogP contribution in [0.5, 0.6) is 0 Å². The SMILES string of the molecule is CCC/C=C\C(N=PC)=C(\C)C=C(C)C. The highest BCUT2D eigenvalue weighted by molar-refractivity contribution is 7.25. The zero-order valence-electron chi connectivity index (χ0n) is 10.5. The summed E-state index contributed by atoms with van der Waals surface area (Å²) in [7, 11) is 1.07. The number of unbranched alkanes of at least 4 members (excludes halogenated alkanes) is 1. The van der Waals surface area contributed by atoms with E-state index in [2.05, 4.69) is 50.7 Å². The van der Waals surface area contributed by atoms with E-state index in [0.29, 0.717) is 0 Å². The van der Waals surface area contributed by atoms with Gasteiger partial charge in [0.15, 0.2) is 0 Å². The van der Waals surface area contributed by atoms with E-state index < -0.39 is 0 Å². The molecule has 0 saturated heterocycles. The first-order valence-corrected chi connectivity index (χ1v) is 6.73. The summed E-state index contributed by atoms with van der Waals surface area (Å²) in [6.07, 6.45) is 8.83. The molecule has 0 fully saturated rings. The van der Waals surface area contributed by atoms with E-state index in [9.17, 15) is 0 Å². The standard InChI is InChI=1S/C13H22NP/c1-6-7-8-9-13(14-15-5)12(4)10-11(2)3/h8-10H,6-7H2,1-5H3/b9-8-,13-12+. The summed E-state index contributed by atoms with van der Waals surface area (Å²) in [6, 6.07) is 0. The maximum Gasteiger partial charge on any atom is 0.0701 e. The van der Waals surface area contributed by atoms with E-state index in [0.717, 1.165) is 20.5 Å². The van der Waals surface area contributed by atoms with Crippen LogP contribution < -0.4 is 0 Å². The highest BCUT2D eigenvalue weighted by Crippen LogP contribution is 2.15. The molecular formula is C13H22NP. The average molecular weight is 223 g/mol. The lowest BCUT2D eigenvalue weighted by molar-refractivity contribution is 0.957. The Kier molecular flexibility index (Phi) is 8.22. The molecule has 15 heavy (non-hydrogen) atoms. The third kappa shape index (κ3) is 7.27. The predicted molar refractivity (Wildman–Crippen MR) is 71.5 cm³/mol. The number of allylic oxidation sites excluding steroid dienone is 5. The van der Waals surface area contributed by atoms with E-state index in [1.807, 2.05) is 6.66 Å². The van der Waals surface area contributed by atoms with Crippen molar-refractivity contribution in [1.29, 1.82) is 0 Å². The number of hydrogen-bond donors (Lipinski definition) is 0. The number of nitrogens with zero attached hydrogens (tertiary/aromatic N) is 1. The normalized spacial score (nSPS) is 13.4. The van der Waals surface area contributed by atoms with Crippen molar-refractivity contribution in [3.63, 3.8) is 0 Å². The molecule has 0 bridgehead atoms. The van der Waals surface area contributed by atoms with E-state index in [-0.39, 0.29) is 0 Å². The maximum atomic E-state index is 4.47. The van der Waals surface area contributed by atoms with Gasteiger partial charge in [0, 0.05) is 8.37 Å². The van der Waals surface area contributed by atoms with Crippen molar-refractivity contribution < 1.29 is 0 Å². The molecule has 0 amide bonds. The van der Waals surface area contributed by atoms with Gasteiger partial charge in [-0.15, -0.1) is 0 Å². The summed E-state index contributed by atoms with van der Waals surface area (Å²) in [5.41, 5.74) is 3.67. The highest BCUT2D eigenvalue weighted by Gasteiger charge is 1.93. The summed E-state index contributed by atoms with van der Waals surface area (Å²) in [5, 5.41) is 0. The molecule has 0 radical (unpaired) electrons. The number of rotatable bonds is 5. The van der Waals surface area contributed by atoms with Crippen molar-refractivity contribution in [2.24, 2.45) is 4.74 Å². The second-order valence-electron chi connectivity index (χ2n) is 3.78. The van der Waals surface area contributed by atoms with Gasteiger partial charge in [0.2, 0.25) is 0 Å². The minimum Gasteiger partial charge on any atom is -0.233 e. The van der Waals surface area contributed by atoms with Crippen LogP contribution in [0.3, 0.4) is 0 Å². The zero-order valence-corrected chi connectivity index (χ0v) is 11.4. The van der Waals surface area contributed by atoms with Crippen molar-refractivity contribution in [2.75, 3.05) is 6.66 Å². The van der Waals surface area contributed by atoms with Crippen LogP contribution in [0, 0.1) is 0 Å². The summed E-state index contributed by atoms with van der Waals surface area (Å²) in [4.78, 5) is 0. The quantitative estimate of drug-likeness (QED) is 0.440. The molecule has 0 spiro atoms. The van der Waals surface area contributed by atoms with Crippen LogP contribution >= 0.6 is 8.37 Å². The molecule has 0 rings (SSSR count). The Labute approximate surface area is 95.9 Å². The molecule has 0 aromatic rings. The maximum absolute atomic E-state index is 4.47. The molecule has 84 valence electrons. The summed E-state index contributed by atoms with van der Waals surface area (Å²) in [5.74, 6) is 0. The van der Waals surface area contributed by atoms with Crippen LogP contribution in [0.15, 0.2) is 39.8 Å². The molecule has 0 aromatic heterocycles. The molecule has 0 N–H and O–H groups in total. The van der Waals surface area contributed by atoms with Crippen molar-refractivity contribution in [2.45, 2.75) is 40.5 Å². The molecular weight excluding hydrogens is 201 g/mol. The fraction of sp³-hybridized carbons (Fsp3) is 0.538. The molecule has 2 heteroatoms. The Balaban J connectivity index is 4.85. The lowest BCUT2D eigenvalue weighted by atomic mass is 10.1. The minimum atomic E-state index is 1.07. The molecule has 0 aromatic carbocycles. The molecule has 0 heterocycles. The fourth-order valence-electron chi connectivity index (χ4n) is 1.22. The van der Waals surface area contributed by atoms with E-state index in [1.165, 1.54) is 17.6 Å². The fourth-order valence-corrected chi connectivity index (χ4v) is 1.66. The lowest BCUT2D eigenvalue weighted by Crippen LogP contribution is -1.79. The van der Waals surface area contributed by atoms with Crippen LogP contribution in [0.25, 0.3) is 0 Å². The Morgan fingerprint density at radius 3 is 2.40 bits per heavy atom. The number of hydrogen-bond acceptors (Lipinski definition) is 1. The third-order valence-electron chi connectivity index (χ3n) is 1.85. The van der Waals surface area contributed by atoms with Crippen LogP contribution in [-0.2, 0) is 0 Å². The van der Waals surface area contributed by atoms with Gasteiger partial charge >= 0.3 is 0 Å². The average Bonchev–Trinajstić information content (AvgIpc) is 2.15. The van der Waals surface area contributed by atoms with Crippen LogP contribution in [0.4, 0.5) is 0 Å². The van der Waals surface area contributed by atoms with E-state index in [1.54, 1.807) is 0 Å². The molecule has 0 aliphatic heterocycles. The van der Waals surface area contributed by atoms with Gasteiger partial charge in [0.05, 0.1) is 5.70 Å². The van der Waals surface area contributed by atoms with Gasteiger partial charge < -0.3 is 0 Å². The Morgan fingerprint density at radius 1 is 1.27 bits per heavy atom. The van der Waals surface area contributed by atoms with Crippen LogP contribution in [0.2, 0.25) is 0 Å². The Bertz CT molecular complexity index is 292. The smallest absolute Gasteiger partial charge is 0.0701 e. The second kappa shape index (κ2) is 8.61. The van der Waals surface area contributed by atoms with Crippen molar-refractivity contribution in [1.82, 2.24) is 0 Å². The van der Waals surface area contributed by atoms with Crippen molar-refractivity contribution in [3.05, 3.63) is 35.1 Å². The molecule has 0 saturated carbocycles. The van der Waals surface area contributed by atoms with Gasteiger partial charge in [0.1, 0.15) is 0 Å². The highest BCUT2D eigenvalue weighted by atomic mass is 31.1. The van der Waals surface area contributed by atoms with Crippen LogP contribution in [-0.4, -0.2) is 6.66 Å². The minimum absolute atomic E-state index is 1.07. The van der Waals surface area contributed by atoms with Crippen LogP contribution in [0.1, 0.15) is 40.5 Å². The Morgan fingerprint density at radius 2 is 1.93 bits per heavy atom. The Hall–Kier alpha value is -0.680. The third-order valence-corrected chi connectivity index (χ3v) is 2.26. The van der Waals surface area contributed by atoms with Gasteiger partial charge in [0.25, 0.3) is 0 Å². The van der Waals surface area contributed by atoms with Crippen molar-refractivity contribution >= 4 is 8.37 Å². The summed E-state index contributed by atoms with van der Waals surface area (Å²) >= 11 is 0. The topological polar surface area (TPSA) is 12.4 Å². The van der Waals surface area contributed by atoms with E-state index in [4.69, 9.17) is 0 Å². The first-order chi connectivity index (χ1) is 7.11. The monoisotopic (exact) mass is 223 g/mol. The zero-order chi connectivity index (χ0) is 11.7. The largest absolute Gasteiger partial charge is 0.233 e. The molecule has 0 unspecified atom stereocenters. The first kappa shape index (κ1) is 14.3. The second-order valence-corrected chi connectivity index (χ2v) is 4.38. The van der Waals surface area contributed by atoms with Gasteiger partial charge in [-0.25, -0.2) is 4.74 Å². The molecule has 1 nitrogen and oxygen atoms in total. The van der Waals surface area contributed by atoms with Gasteiger partial charge in [-0.1, -0.05) is 31.1 Å². The van der Waals surface area contributed by atoms with Gasteiger partial charge in [-0.2, -0.15) is 0 Å². The molecule has 0 atom stereocenters. The molecule has 0 aliphatic carbocycles. The summed E-state index contributed by atoms with van der Waals surface area (Å²) < 4.78 is 4.47. The first-order valence-electron chi connectivity index (χ1n) is 5.44. The van der Waals surface area contributed by atoms with E-state index >= 15 is 0 Å². The molecule has 0 aliphatic rings.